The van der Waals surface area contributed by atoms with Crippen molar-refractivity contribution in [3.05, 3.63) is 65.2 Å². The van der Waals surface area contributed by atoms with Gasteiger partial charge in [0.2, 0.25) is 5.91 Å². The molecule has 9 nitrogen and oxygen atoms in total. The first-order valence-corrected chi connectivity index (χ1v) is 19.1. The van der Waals surface area contributed by atoms with E-state index in [0.29, 0.717) is 40.2 Å². The lowest BCUT2D eigenvalue weighted by Gasteiger charge is -2.28. The van der Waals surface area contributed by atoms with Crippen molar-refractivity contribution in [2.24, 2.45) is 0 Å². The number of amides is 1. The van der Waals surface area contributed by atoms with E-state index < -0.39 is 13.6 Å². The molecule has 234 valence electrons. The van der Waals surface area contributed by atoms with E-state index in [1.807, 2.05) is 48.7 Å². The molecule has 2 aromatic heterocycles. The van der Waals surface area contributed by atoms with Crippen LogP contribution in [0.5, 0.6) is 11.8 Å². The lowest BCUT2D eigenvalue weighted by atomic mass is 9.94. The van der Waals surface area contributed by atoms with Gasteiger partial charge < -0.3 is 24.4 Å². The second kappa shape index (κ2) is 13.3. The number of pyridine rings is 1. The Morgan fingerprint density at radius 2 is 1.73 bits per heavy atom. The number of carbonyl (C=O) groups excluding carboxylic acids is 1. The van der Waals surface area contributed by atoms with Gasteiger partial charge in [-0.1, -0.05) is 55.5 Å². The van der Waals surface area contributed by atoms with Gasteiger partial charge >= 0.3 is 6.01 Å². The zero-order chi connectivity index (χ0) is 31.5. The Hall–Kier alpha value is -3.44. The van der Waals surface area contributed by atoms with E-state index in [2.05, 4.69) is 54.1 Å². The summed E-state index contributed by atoms with van der Waals surface area (Å²) in [5, 5.41) is 3.49. The number of morpholine rings is 1. The van der Waals surface area contributed by atoms with Gasteiger partial charge in [-0.3, -0.25) is 9.36 Å². The van der Waals surface area contributed by atoms with Gasteiger partial charge in [0.25, 0.3) is 0 Å². The molecule has 1 fully saturated rings. The quantitative estimate of drug-likeness (QED) is 0.139. The molecule has 0 unspecified atom stereocenters. The molecule has 5 rings (SSSR count). The number of imidazole rings is 1. The van der Waals surface area contributed by atoms with Crippen LogP contribution in [0.1, 0.15) is 26.3 Å². The minimum absolute atomic E-state index is 0.0863. The third kappa shape index (κ3) is 7.79. The molecule has 11 heteroatoms. The van der Waals surface area contributed by atoms with Crippen molar-refractivity contribution in [3.63, 3.8) is 0 Å². The molecule has 0 atom stereocenters. The van der Waals surface area contributed by atoms with Crippen LogP contribution in [0.3, 0.4) is 0 Å². The third-order valence-corrected chi connectivity index (χ3v) is 9.64. The summed E-state index contributed by atoms with van der Waals surface area (Å²) >= 11 is 6.78. The van der Waals surface area contributed by atoms with Crippen LogP contribution in [0.4, 0.5) is 5.69 Å². The molecule has 0 radical (unpaired) electrons. The summed E-state index contributed by atoms with van der Waals surface area (Å²) in [6, 6.07) is 19.2. The zero-order valence-electron chi connectivity index (χ0n) is 26.4. The first kappa shape index (κ1) is 32.0. The molecular formula is C33H42ClN5O4Si. The maximum Gasteiger partial charge on any atom is 0.306 e. The number of fused-ring (bicyclic) bond motifs is 1. The standard InChI is InChI=1S/C33H42ClN5O4Si/c1-23(40)37-33(2,3)25-9-13-27(14-10-25)43-32-35-29-21-28(34)30(36-31(29)39(32)22-42-19-20-44(4,5)6)24-7-11-26(12-8-24)38-15-17-41-18-16-38/h7-14,21H,15-20,22H2,1-6H3,(H,37,40). The van der Waals surface area contributed by atoms with Crippen LogP contribution < -0.4 is 15.0 Å². The predicted molar refractivity (Wildman–Crippen MR) is 178 cm³/mol. The highest BCUT2D eigenvalue weighted by Gasteiger charge is 2.23. The van der Waals surface area contributed by atoms with E-state index in [0.717, 1.165) is 49.2 Å². The van der Waals surface area contributed by atoms with Crippen molar-refractivity contribution in [2.75, 3.05) is 37.8 Å². The Labute approximate surface area is 265 Å². The van der Waals surface area contributed by atoms with Crippen molar-refractivity contribution in [2.45, 2.75) is 58.7 Å². The normalized spacial score (nSPS) is 14.2. The van der Waals surface area contributed by atoms with Crippen LogP contribution in [0, 0.1) is 0 Å². The topological polar surface area (TPSA) is 90.7 Å². The molecule has 0 saturated carbocycles. The summed E-state index contributed by atoms with van der Waals surface area (Å²) in [4.78, 5) is 23.7. The smallest absolute Gasteiger partial charge is 0.306 e. The third-order valence-electron chi connectivity index (χ3n) is 7.65. The molecule has 0 bridgehead atoms. The lowest BCUT2D eigenvalue weighted by Crippen LogP contribution is -2.39. The van der Waals surface area contributed by atoms with Gasteiger partial charge in [-0.2, -0.15) is 4.98 Å². The van der Waals surface area contributed by atoms with Gasteiger partial charge in [0.1, 0.15) is 18.0 Å². The van der Waals surface area contributed by atoms with E-state index in [1.165, 1.54) is 6.92 Å². The fourth-order valence-electron chi connectivity index (χ4n) is 5.14. The summed E-state index contributed by atoms with van der Waals surface area (Å²) in [6.07, 6.45) is 0. The van der Waals surface area contributed by atoms with Crippen molar-refractivity contribution in [1.82, 2.24) is 19.9 Å². The van der Waals surface area contributed by atoms with Crippen molar-refractivity contribution < 1.29 is 19.0 Å². The Bertz CT molecular complexity index is 1590. The number of aromatic nitrogens is 3. The van der Waals surface area contributed by atoms with Crippen LogP contribution in [-0.4, -0.2) is 61.4 Å². The summed E-state index contributed by atoms with van der Waals surface area (Å²) in [5.74, 6) is 0.521. The number of ether oxygens (including phenoxy) is 3. The summed E-state index contributed by atoms with van der Waals surface area (Å²) < 4.78 is 19.8. The summed E-state index contributed by atoms with van der Waals surface area (Å²) in [6.45, 7) is 16.5. The van der Waals surface area contributed by atoms with Crippen LogP contribution in [0.15, 0.2) is 54.6 Å². The molecule has 1 aliphatic rings. The van der Waals surface area contributed by atoms with Crippen LogP contribution in [0.2, 0.25) is 30.7 Å². The van der Waals surface area contributed by atoms with Crippen LogP contribution in [-0.2, 0) is 26.5 Å². The van der Waals surface area contributed by atoms with Gasteiger partial charge in [0.15, 0.2) is 5.65 Å². The fourth-order valence-corrected chi connectivity index (χ4v) is 6.16. The Kier molecular flexibility index (Phi) is 9.64. The highest BCUT2D eigenvalue weighted by atomic mass is 35.5. The van der Waals surface area contributed by atoms with Gasteiger partial charge in [-0.05, 0) is 55.8 Å². The molecule has 1 N–H and O–H groups in total. The molecule has 44 heavy (non-hydrogen) atoms. The molecule has 1 saturated heterocycles. The second-order valence-electron chi connectivity index (χ2n) is 12.9. The summed E-state index contributed by atoms with van der Waals surface area (Å²) in [7, 11) is -1.27. The lowest BCUT2D eigenvalue weighted by molar-refractivity contribution is -0.120. The molecular weight excluding hydrogens is 594 g/mol. The Balaban J connectivity index is 1.45. The number of benzene rings is 2. The number of hydrogen-bond acceptors (Lipinski definition) is 7. The maximum absolute atomic E-state index is 11.7. The van der Waals surface area contributed by atoms with Crippen molar-refractivity contribution in [1.29, 1.82) is 0 Å². The number of nitrogens with one attached hydrogen (secondary N) is 1. The van der Waals surface area contributed by atoms with E-state index in [4.69, 9.17) is 35.8 Å². The minimum atomic E-state index is -1.27. The van der Waals surface area contributed by atoms with E-state index in [-0.39, 0.29) is 12.6 Å². The van der Waals surface area contributed by atoms with Gasteiger partial charge in [0.05, 0.1) is 29.5 Å². The van der Waals surface area contributed by atoms with Crippen molar-refractivity contribution >= 4 is 42.4 Å². The first-order chi connectivity index (χ1) is 20.9. The molecule has 0 spiro atoms. The van der Waals surface area contributed by atoms with Crippen molar-refractivity contribution in [3.8, 4) is 23.0 Å². The molecule has 1 amide bonds. The molecule has 2 aromatic carbocycles. The number of hydrogen-bond donors (Lipinski definition) is 1. The first-order valence-electron chi connectivity index (χ1n) is 15.0. The van der Waals surface area contributed by atoms with Gasteiger partial charge in [0, 0.05) is 45.9 Å². The maximum atomic E-state index is 11.7. The second-order valence-corrected chi connectivity index (χ2v) is 18.9. The van der Waals surface area contributed by atoms with Gasteiger partial charge in [-0.25, -0.2) is 4.98 Å². The zero-order valence-corrected chi connectivity index (χ0v) is 28.2. The number of anilines is 1. The number of carbonyl (C=O) groups is 1. The molecule has 3 heterocycles. The molecule has 4 aromatic rings. The minimum Gasteiger partial charge on any atom is -0.425 e. The SMILES string of the molecule is CC(=O)NC(C)(C)c1ccc(Oc2nc3cc(Cl)c(-c4ccc(N5CCOCC5)cc4)nc3n2COCC[Si](C)(C)C)cc1. The average Bonchev–Trinajstić information content (AvgIpc) is 3.29. The monoisotopic (exact) mass is 635 g/mol. The highest BCUT2D eigenvalue weighted by molar-refractivity contribution is 6.76. The average molecular weight is 636 g/mol. The summed E-state index contributed by atoms with van der Waals surface area (Å²) in [5.41, 5.74) is 4.44. The Morgan fingerprint density at radius 1 is 1.05 bits per heavy atom. The number of nitrogens with zero attached hydrogens (tertiary/aromatic N) is 4. The van der Waals surface area contributed by atoms with E-state index in [9.17, 15) is 4.79 Å². The molecule has 0 aliphatic carbocycles. The molecule has 1 aliphatic heterocycles. The van der Waals surface area contributed by atoms with Gasteiger partial charge in [-0.15, -0.1) is 0 Å². The fraction of sp³-hybridized carbons (Fsp3) is 0.424. The highest BCUT2D eigenvalue weighted by Crippen LogP contribution is 2.34. The largest absolute Gasteiger partial charge is 0.425 e. The van der Waals surface area contributed by atoms with Crippen LogP contribution >= 0.6 is 11.6 Å². The Morgan fingerprint density at radius 3 is 2.36 bits per heavy atom. The van der Waals surface area contributed by atoms with Crippen LogP contribution in [0.25, 0.3) is 22.4 Å². The number of rotatable bonds is 11. The predicted octanol–water partition coefficient (Wildman–Crippen LogP) is 7.06. The van der Waals surface area contributed by atoms with E-state index in [1.54, 1.807) is 0 Å². The van der Waals surface area contributed by atoms with E-state index >= 15 is 0 Å². The number of halogens is 1.